The molecule has 10 heteroatoms. The number of amides is 2. The number of aryl methyl sites for hydroxylation is 1. The number of carbonyl (C=O) groups excluding carboxylic acids is 2. The number of benzene rings is 2. The van der Waals surface area contributed by atoms with Crippen LogP contribution in [0.4, 0.5) is 5.69 Å². The van der Waals surface area contributed by atoms with Crippen LogP contribution >= 0.6 is 23.8 Å². The van der Waals surface area contributed by atoms with E-state index in [-0.39, 0.29) is 24.9 Å². The number of aromatic nitrogens is 3. The predicted octanol–water partition coefficient (Wildman–Crippen LogP) is 3.97. The Bertz CT molecular complexity index is 1200. The molecule has 2 amide bonds. The van der Waals surface area contributed by atoms with Crippen molar-refractivity contribution in [3.63, 3.8) is 0 Å². The van der Waals surface area contributed by atoms with E-state index in [1.165, 1.54) is 11.8 Å². The smallest absolute Gasteiger partial charge is 0.251 e. The van der Waals surface area contributed by atoms with Gasteiger partial charge in [0.25, 0.3) is 5.91 Å². The van der Waals surface area contributed by atoms with Crippen molar-refractivity contribution in [3.05, 3.63) is 69.2 Å². The van der Waals surface area contributed by atoms with Gasteiger partial charge in [-0.1, -0.05) is 29.8 Å². The number of hydrogen-bond donors (Lipinski definition) is 2. The van der Waals surface area contributed by atoms with E-state index in [1.54, 1.807) is 28.8 Å². The molecule has 0 spiro atoms. The van der Waals surface area contributed by atoms with E-state index < -0.39 is 0 Å². The van der Waals surface area contributed by atoms with Crippen LogP contribution in [0.15, 0.2) is 42.5 Å². The quantitative estimate of drug-likeness (QED) is 0.483. The Hall–Kier alpha value is -3.17. The van der Waals surface area contributed by atoms with Crippen molar-refractivity contribution in [2.45, 2.75) is 33.5 Å². The molecule has 0 unspecified atom stereocenters. The Balaban J connectivity index is 1.73. The first-order chi connectivity index (χ1) is 15.3. The first-order valence-electron chi connectivity index (χ1n) is 9.97. The highest BCUT2D eigenvalue weighted by Gasteiger charge is 2.16. The van der Waals surface area contributed by atoms with Crippen LogP contribution in [0.5, 0.6) is 5.75 Å². The maximum atomic E-state index is 12.6. The number of nitrogens with zero attached hydrogens (tertiary/aromatic N) is 3. The SMILES string of the molecule is CCn1c(CNC(=O)c2ccccc2C)nn(CC(=O)Nc2cc(Cl)ccc2OC)c1=S. The molecule has 0 aliphatic carbocycles. The highest BCUT2D eigenvalue weighted by Crippen LogP contribution is 2.27. The molecule has 3 rings (SSSR count). The minimum atomic E-state index is -0.335. The van der Waals surface area contributed by atoms with Gasteiger partial charge in [0.2, 0.25) is 5.91 Å². The van der Waals surface area contributed by atoms with Crippen LogP contribution in [-0.2, 0) is 24.4 Å². The Morgan fingerprint density at radius 3 is 2.66 bits per heavy atom. The topological polar surface area (TPSA) is 90.2 Å². The van der Waals surface area contributed by atoms with Crippen LogP contribution in [0.1, 0.15) is 28.7 Å². The third-order valence-corrected chi connectivity index (χ3v) is 5.51. The summed E-state index contributed by atoms with van der Waals surface area (Å²) in [6.45, 7) is 4.44. The van der Waals surface area contributed by atoms with Gasteiger partial charge in [-0.05, 0) is 55.9 Å². The van der Waals surface area contributed by atoms with E-state index in [1.807, 2.05) is 32.0 Å². The van der Waals surface area contributed by atoms with Crippen LogP contribution in [0, 0.1) is 11.7 Å². The van der Waals surface area contributed by atoms with Gasteiger partial charge in [0.1, 0.15) is 12.3 Å². The molecule has 8 nitrogen and oxygen atoms in total. The standard InChI is InChI=1S/C22H24ClN5O3S/c1-4-27-19(12-24-21(30)16-8-6-5-7-14(16)2)26-28(22(27)32)13-20(29)25-17-11-15(23)9-10-18(17)31-3/h5-11H,4,12-13H2,1-3H3,(H,24,30)(H,25,29). The molecule has 0 bridgehead atoms. The second-order valence-electron chi connectivity index (χ2n) is 6.99. The molecule has 2 aromatic carbocycles. The summed E-state index contributed by atoms with van der Waals surface area (Å²) in [6.07, 6.45) is 0. The molecule has 0 saturated carbocycles. The fourth-order valence-corrected chi connectivity index (χ4v) is 3.74. The molecule has 0 fully saturated rings. The lowest BCUT2D eigenvalue weighted by atomic mass is 10.1. The Kier molecular flexibility index (Phi) is 7.66. The minimum Gasteiger partial charge on any atom is -0.495 e. The maximum absolute atomic E-state index is 12.6. The first-order valence-corrected chi connectivity index (χ1v) is 10.8. The zero-order chi connectivity index (χ0) is 23.3. The number of ether oxygens (including phenoxy) is 1. The lowest BCUT2D eigenvalue weighted by Crippen LogP contribution is -2.25. The van der Waals surface area contributed by atoms with Gasteiger partial charge in [-0.3, -0.25) is 9.59 Å². The number of hydrogen-bond acceptors (Lipinski definition) is 5. The van der Waals surface area contributed by atoms with Gasteiger partial charge in [0, 0.05) is 17.1 Å². The Labute approximate surface area is 196 Å². The molecule has 0 saturated heterocycles. The van der Waals surface area contributed by atoms with Crippen LogP contribution in [0.25, 0.3) is 0 Å². The average molecular weight is 474 g/mol. The summed E-state index contributed by atoms with van der Waals surface area (Å²) in [5, 5.41) is 10.6. The van der Waals surface area contributed by atoms with Crippen molar-refractivity contribution in [1.29, 1.82) is 0 Å². The number of rotatable bonds is 8. The van der Waals surface area contributed by atoms with Gasteiger partial charge in [0.15, 0.2) is 10.6 Å². The predicted molar refractivity (Wildman–Crippen MR) is 126 cm³/mol. The van der Waals surface area contributed by atoms with E-state index in [0.717, 1.165) is 5.56 Å². The summed E-state index contributed by atoms with van der Waals surface area (Å²) < 4.78 is 8.85. The number of anilines is 1. The summed E-state index contributed by atoms with van der Waals surface area (Å²) in [7, 11) is 1.51. The molecular weight excluding hydrogens is 450 g/mol. The van der Waals surface area contributed by atoms with Gasteiger partial charge in [-0.2, -0.15) is 5.10 Å². The molecule has 0 aliphatic heterocycles. The third kappa shape index (κ3) is 5.35. The van der Waals surface area contributed by atoms with E-state index >= 15 is 0 Å². The number of halogens is 1. The first kappa shape index (κ1) is 23.5. The van der Waals surface area contributed by atoms with Crippen LogP contribution in [-0.4, -0.2) is 33.3 Å². The van der Waals surface area contributed by atoms with Crippen LogP contribution < -0.4 is 15.4 Å². The summed E-state index contributed by atoms with van der Waals surface area (Å²) in [5.74, 6) is 0.521. The molecule has 2 N–H and O–H groups in total. The van der Waals surface area contributed by atoms with Crippen molar-refractivity contribution in [2.75, 3.05) is 12.4 Å². The van der Waals surface area contributed by atoms with Gasteiger partial charge < -0.3 is 19.9 Å². The minimum absolute atomic E-state index is 0.0970. The molecule has 168 valence electrons. The largest absolute Gasteiger partial charge is 0.495 e. The van der Waals surface area contributed by atoms with E-state index in [2.05, 4.69) is 15.7 Å². The molecule has 1 aromatic heterocycles. The molecule has 0 atom stereocenters. The van der Waals surface area contributed by atoms with Crippen LogP contribution in [0.3, 0.4) is 0 Å². The number of methoxy groups -OCH3 is 1. The Morgan fingerprint density at radius 2 is 1.97 bits per heavy atom. The van der Waals surface area contributed by atoms with Crippen molar-refractivity contribution < 1.29 is 14.3 Å². The summed E-state index contributed by atoms with van der Waals surface area (Å²) >= 11 is 11.5. The van der Waals surface area contributed by atoms with E-state index in [0.29, 0.717) is 39.2 Å². The highest BCUT2D eigenvalue weighted by atomic mass is 35.5. The number of nitrogens with one attached hydrogen (secondary N) is 2. The van der Waals surface area contributed by atoms with Gasteiger partial charge in [0.05, 0.1) is 19.3 Å². The normalized spacial score (nSPS) is 10.6. The van der Waals surface area contributed by atoms with Crippen LogP contribution in [0.2, 0.25) is 5.02 Å². The summed E-state index contributed by atoms with van der Waals surface area (Å²) in [5.41, 5.74) is 1.94. The fourth-order valence-electron chi connectivity index (χ4n) is 3.22. The molecule has 0 aliphatic rings. The second kappa shape index (κ2) is 10.4. The average Bonchev–Trinajstić information content (AvgIpc) is 3.06. The molecular formula is C22H24ClN5O3S. The van der Waals surface area contributed by atoms with E-state index in [4.69, 9.17) is 28.6 Å². The fraction of sp³-hybridized carbons (Fsp3) is 0.273. The summed E-state index contributed by atoms with van der Waals surface area (Å²) in [4.78, 5) is 25.1. The van der Waals surface area contributed by atoms with Gasteiger partial charge >= 0.3 is 0 Å². The van der Waals surface area contributed by atoms with Gasteiger partial charge in [-0.25, -0.2) is 4.68 Å². The molecule has 0 radical (unpaired) electrons. The van der Waals surface area contributed by atoms with Crippen molar-refractivity contribution in [2.24, 2.45) is 0 Å². The molecule has 1 heterocycles. The van der Waals surface area contributed by atoms with Crippen molar-refractivity contribution in [1.82, 2.24) is 19.7 Å². The summed E-state index contributed by atoms with van der Waals surface area (Å²) in [6, 6.07) is 12.3. The molecule has 32 heavy (non-hydrogen) atoms. The van der Waals surface area contributed by atoms with Crippen molar-refractivity contribution >= 4 is 41.3 Å². The lowest BCUT2D eigenvalue weighted by molar-refractivity contribution is -0.117. The molecule has 3 aromatic rings. The maximum Gasteiger partial charge on any atom is 0.251 e. The zero-order valence-electron chi connectivity index (χ0n) is 18.0. The van der Waals surface area contributed by atoms with Crippen molar-refractivity contribution in [3.8, 4) is 5.75 Å². The zero-order valence-corrected chi connectivity index (χ0v) is 19.6. The Morgan fingerprint density at radius 1 is 1.22 bits per heavy atom. The highest BCUT2D eigenvalue weighted by molar-refractivity contribution is 7.71. The third-order valence-electron chi connectivity index (χ3n) is 4.84. The second-order valence-corrected chi connectivity index (χ2v) is 7.79. The van der Waals surface area contributed by atoms with E-state index in [9.17, 15) is 9.59 Å². The lowest BCUT2D eigenvalue weighted by Gasteiger charge is -2.10. The monoisotopic (exact) mass is 473 g/mol. The number of carbonyl (C=O) groups is 2. The van der Waals surface area contributed by atoms with Gasteiger partial charge in [-0.15, -0.1) is 0 Å².